The maximum Gasteiger partial charge on any atom is 0.215 e. The molecule has 0 radical (unpaired) electrons. The Kier molecular flexibility index (Phi) is 7.03. The van der Waals surface area contributed by atoms with Crippen molar-refractivity contribution in [3.8, 4) is 22.8 Å². The zero-order valence-electron chi connectivity index (χ0n) is 17.5. The summed E-state index contributed by atoms with van der Waals surface area (Å²) < 4.78 is 5.77. The topological polar surface area (TPSA) is 109 Å². The maximum atomic E-state index is 9.69. The lowest BCUT2D eigenvalue weighted by Gasteiger charge is -2.14. The van der Waals surface area contributed by atoms with Gasteiger partial charge in [0.15, 0.2) is 11.8 Å². The Balaban J connectivity index is 1.36. The lowest BCUT2D eigenvalue weighted by Crippen LogP contribution is -2.25. The number of phenolic OH excluding ortho intramolecular Hbond substituents is 1. The van der Waals surface area contributed by atoms with Crippen molar-refractivity contribution in [2.45, 2.75) is 12.8 Å². The third-order valence-corrected chi connectivity index (χ3v) is 5.44. The summed E-state index contributed by atoms with van der Waals surface area (Å²) in [5, 5.41) is 13.2. The summed E-state index contributed by atoms with van der Waals surface area (Å²) in [7, 11) is 0. The van der Waals surface area contributed by atoms with Crippen molar-refractivity contribution in [2.75, 3.05) is 31.6 Å². The number of halogens is 1. The first kappa shape index (κ1) is 21.9. The smallest absolute Gasteiger partial charge is 0.215 e. The second-order valence-corrected chi connectivity index (χ2v) is 7.88. The van der Waals surface area contributed by atoms with Gasteiger partial charge in [-0.25, -0.2) is 9.97 Å². The molecular weight excluding hydrogens is 428 g/mol. The molecule has 9 heteroatoms. The molecule has 0 amide bonds. The summed E-state index contributed by atoms with van der Waals surface area (Å²) in [4.78, 5) is 15.2. The number of aromatic nitrogens is 2. The van der Waals surface area contributed by atoms with E-state index in [1.165, 1.54) is 18.9 Å². The van der Waals surface area contributed by atoms with E-state index in [9.17, 15) is 5.11 Å². The highest BCUT2D eigenvalue weighted by atomic mass is 35.5. The number of nitrogens with zero attached hydrogens (tertiary/aromatic N) is 4. The Hall–Kier alpha value is -3.36. The highest BCUT2D eigenvalue weighted by Crippen LogP contribution is 2.31. The minimum atomic E-state index is 0.136. The number of guanidine groups is 1. The molecule has 1 aliphatic heterocycles. The minimum absolute atomic E-state index is 0.136. The summed E-state index contributed by atoms with van der Waals surface area (Å²) in [6.07, 6.45) is 5.81. The van der Waals surface area contributed by atoms with Gasteiger partial charge in [-0.15, -0.1) is 0 Å². The molecule has 1 saturated heterocycles. The van der Waals surface area contributed by atoms with Gasteiger partial charge in [0.05, 0.1) is 0 Å². The third kappa shape index (κ3) is 5.87. The molecule has 0 bridgehead atoms. The van der Waals surface area contributed by atoms with Crippen LogP contribution in [-0.4, -0.2) is 52.2 Å². The van der Waals surface area contributed by atoms with Crippen molar-refractivity contribution in [1.82, 2.24) is 14.9 Å². The number of rotatable bonds is 7. The predicted octanol–water partition coefficient (Wildman–Crippen LogP) is 4.04. The van der Waals surface area contributed by atoms with Crippen LogP contribution in [-0.2, 0) is 0 Å². The molecule has 2 aromatic heterocycles. The van der Waals surface area contributed by atoms with Crippen LogP contribution in [0.5, 0.6) is 11.6 Å². The van der Waals surface area contributed by atoms with E-state index in [1.54, 1.807) is 42.7 Å². The number of nitrogens with two attached hydrogens (primary N) is 1. The Labute approximate surface area is 191 Å². The molecule has 3 aromatic rings. The average molecular weight is 453 g/mol. The quantitative estimate of drug-likeness (QED) is 0.366. The summed E-state index contributed by atoms with van der Waals surface area (Å²) in [6, 6.07) is 11.9. The highest BCUT2D eigenvalue weighted by Gasteiger charge is 2.11. The SMILES string of the molecule is NC(=Nc1ccc(-c2cc(O)ccc2Cl)cn1)Nc1ccnc(OCCN2CCCC2)c1. The fraction of sp³-hybridized carbons (Fsp3) is 0.261. The Morgan fingerprint density at radius 1 is 1.16 bits per heavy atom. The molecule has 8 nitrogen and oxygen atoms in total. The molecular formula is C23H25ClN6O2. The lowest BCUT2D eigenvalue weighted by atomic mass is 10.1. The van der Waals surface area contributed by atoms with Crippen LogP contribution in [0.15, 0.2) is 59.9 Å². The maximum absolute atomic E-state index is 9.69. The van der Waals surface area contributed by atoms with Gasteiger partial charge >= 0.3 is 0 Å². The zero-order chi connectivity index (χ0) is 22.3. The van der Waals surface area contributed by atoms with Gasteiger partial charge in [0, 0.05) is 46.8 Å². The van der Waals surface area contributed by atoms with E-state index < -0.39 is 0 Å². The molecule has 166 valence electrons. The fourth-order valence-corrected chi connectivity index (χ4v) is 3.72. The Morgan fingerprint density at radius 3 is 2.78 bits per heavy atom. The second kappa shape index (κ2) is 10.3. The normalized spacial score (nSPS) is 14.5. The van der Waals surface area contributed by atoms with E-state index in [0.29, 0.717) is 28.9 Å². The van der Waals surface area contributed by atoms with Crippen LogP contribution in [0.3, 0.4) is 0 Å². The first-order valence-corrected chi connectivity index (χ1v) is 10.8. The standard InChI is InChI=1S/C23H25ClN6O2/c24-20-5-4-18(31)14-19(20)16-3-6-21(27-15-16)29-23(25)28-17-7-8-26-22(13-17)32-12-11-30-9-1-2-10-30/h3-8,13-15,31H,1-2,9-12H2,(H3,25,26,27,28,29). The van der Waals surface area contributed by atoms with Crippen LogP contribution in [0.2, 0.25) is 5.02 Å². The number of benzene rings is 1. The van der Waals surface area contributed by atoms with Crippen molar-refractivity contribution in [3.05, 3.63) is 59.9 Å². The molecule has 4 N–H and O–H groups in total. The predicted molar refractivity (Wildman–Crippen MR) is 127 cm³/mol. The number of aromatic hydroxyl groups is 1. The average Bonchev–Trinajstić information content (AvgIpc) is 3.30. The number of phenols is 1. The molecule has 3 heterocycles. The van der Waals surface area contributed by atoms with Gasteiger partial charge in [-0.2, -0.15) is 4.99 Å². The first-order valence-electron chi connectivity index (χ1n) is 10.4. The van der Waals surface area contributed by atoms with Crippen LogP contribution in [0.4, 0.5) is 11.5 Å². The fourth-order valence-electron chi connectivity index (χ4n) is 3.50. The number of hydrogen-bond acceptors (Lipinski definition) is 6. The van der Waals surface area contributed by atoms with Gasteiger partial charge in [0.1, 0.15) is 12.4 Å². The number of anilines is 1. The van der Waals surface area contributed by atoms with Crippen molar-refractivity contribution < 1.29 is 9.84 Å². The minimum Gasteiger partial charge on any atom is -0.508 e. The Bertz CT molecular complexity index is 1080. The van der Waals surface area contributed by atoms with Crippen LogP contribution in [0, 0.1) is 0 Å². The van der Waals surface area contributed by atoms with E-state index in [1.807, 2.05) is 6.07 Å². The number of likely N-dealkylation sites (tertiary alicyclic amines) is 1. The molecule has 0 saturated carbocycles. The number of pyridine rings is 2. The molecule has 1 aliphatic rings. The van der Waals surface area contributed by atoms with Gasteiger partial charge in [-0.05, 0) is 62.3 Å². The van der Waals surface area contributed by atoms with Gasteiger partial charge in [-0.1, -0.05) is 11.6 Å². The van der Waals surface area contributed by atoms with Crippen LogP contribution in [0.25, 0.3) is 11.1 Å². The number of hydrogen-bond donors (Lipinski definition) is 3. The summed E-state index contributed by atoms with van der Waals surface area (Å²) in [5.74, 6) is 1.30. The molecule has 1 fully saturated rings. The van der Waals surface area contributed by atoms with Crippen molar-refractivity contribution in [3.63, 3.8) is 0 Å². The molecule has 4 rings (SSSR count). The van der Waals surface area contributed by atoms with E-state index in [0.717, 1.165) is 30.9 Å². The number of aliphatic imine (C=N–C) groups is 1. The Morgan fingerprint density at radius 2 is 2.00 bits per heavy atom. The van der Waals surface area contributed by atoms with E-state index in [-0.39, 0.29) is 11.7 Å². The van der Waals surface area contributed by atoms with E-state index in [4.69, 9.17) is 22.1 Å². The second-order valence-electron chi connectivity index (χ2n) is 7.47. The van der Waals surface area contributed by atoms with Crippen molar-refractivity contribution in [2.24, 2.45) is 10.7 Å². The van der Waals surface area contributed by atoms with Crippen molar-refractivity contribution in [1.29, 1.82) is 0 Å². The van der Waals surface area contributed by atoms with Gasteiger partial charge in [0.2, 0.25) is 5.88 Å². The highest BCUT2D eigenvalue weighted by molar-refractivity contribution is 6.33. The largest absolute Gasteiger partial charge is 0.508 e. The molecule has 0 spiro atoms. The van der Waals surface area contributed by atoms with Crippen LogP contribution < -0.4 is 15.8 Å². The molecule has 0 unspecified atom stereocenters. The number of nitrogens with one attached hydrogen (secondary N) is 1. The van der Waals surface area contributed by atoms with Gasteiger partial charge in [-0.3, -0.25) is 4.90 Å². The summed E-state index contributed by atoms with van der Waals surface area (Å²) >= 11 is 6.21. The molecule has 0 atom stereocenters. The van der Waals surface area contributed by atoms with Gasteiger partial charge < -0.3 is 20.9 Å². The van der Waals surface area contributed by atoms with Gasteiger partial charge in [0.25, 0.3) is 0 Å². The van der Waals surface area contributed by atoms with Crippen molar-refractivity contribution >= 4 is 29.1 Å². The zero-order valence-corrected chi connectivity index (χ0v) is 18.3. The lowest BCUT2D eigenvalue weighted by molar-refractivity contribution is 0.232. The molecule has 1 aromatic carbocycles. The molecule has 32 heavy (non-hydrogen) atoms. The van der Waals surface area contributed by atoms with E-state index in [2.05, 4.69) is 25.2 Å². The first-order chi connectivity index (χ1) is 15.6. The molecule has 0 aliphatic carbocycles. The third-order valence-electron chi connectivity index (χ3n) is 5.11. The van der Waals surface area contributed by atoms with E-state index >= 15 is 0 Å². The number of ether oxygens (including phenoxy) is 1. The van der Waals surface area contributed by atoms with Crippen LogP contribution in [0.1, 0.15) is 12.8 Å². The summed E-state index contributed by atoms with van der Waals surface area (Å²) in [5.41, 5.74) is 8.22. The monoisotopic (exact) mass is 452 g/mol. The summed E-state index contributed by atoms with van der Waals surface area (Å²) in [6.45, 7) is 3.78. The van der Waals surface area contributed by atoms with Crippen LogP contribution >= 0.6 is 11.6 Å².